The van der Waals surface area contributed by atoms with Gasteiger partial charge in [-0.1, -0.05) is 13.8 Å². The lowest BCUT2D eigenvalue weighted by molar-refractivity contribution is 0.184. The molecular formula is C12H23NO. The molecular weight excluding hydrogens is 174 g/mol. The fraction of sp³-hybridized carbons (Fsp3) is 1.00. The van der Waals surface area contributed by atoms with Crippen LogP contribution >= 0.6 is 0 Å². The van der Waals surface area contributed by atoms with Gasteiger partial charge in [-0.25, -0.2) is 0 Å². The molecule has 1 aliphatic carbocycles. The van der Waals surface area contributed by atoms with Crippen molar-refractivity contribution in [3.8, 4) is 0 Å². The van der Waals surface area contributed by atoms with Gasteiger partial charge in [-0.15, -0.1) is 0 Å². The molecule has 2 fully saturated rings. The topological polar surface area (TPSA) is 21.3 Å². The lowest BCUT2D eigenvalue weighted by atomic mass is 9.97. The molecule has 0 aromatic heterocycles. The summed E-state index contributed by atoms with van der Waals surface area (Å²) in [7, 11) is 0. The second-order valence-electron chi connectivity index (χ2n) is 5.16. The number of rotatable bonds is 3. The van der Waals surface area contributed by atoms with Crippen molar-refractivity contribution in [2.75, 3.05) is 19.8 Å². The van der Waals surface area contributed by atoms with E-state index in [1.807, 2.05) is 0 Å². The van der Waals surface area contributed by atoms with E-state index in [1.54, 1.807) is 0 Å². The van der Waals surface area contributed by atoms with E-state index >= 15 is 0 Å². The van der Waals surface area contributed by atoms with Gasteiger partial charge in [0.25, 0.3) is 0 Å². The fourth-order valence-electron chi connectivity index (χ4n) is 2.72. The first-order valence-corrected chi connectivity index (χ1v) is 6.08. The van der Waals surface area contributed by atoms with E-state index in [9.17, 15) is 0 Å². The van der Waals surface area contributed by atoms with Gasteiger partial charge < -0.3 is 10.1 Å². The minimum Gasteiger partial charge on any atom is -0.381 e. The second kappa shape index (κ2) is 4.63. The van der Waals surface area contributed by atoms with Crippen LogP contribution in [0.25, 0.3) is 0 Å². The summed E-state index contributed by atoms with van der Waals surface area (Å²) in [5.74, 6) is 2.54. The number of hydrogen-bond acceptors (Lipinski definition) is 2. The van der Waals surface area contributed by atoms with Crippen molar-refractivity contribution in [2.24, 2.45) is 17.8 Å². The maximum atomic E-state index is 5.38. The van der Waals surface area contributed by atoms with Crippen LogP contribution in [0.4, 0.5) is 0 Å². The Morgan fingerprint density at radius 3 is 2.64 bits per heavy atom. The zero-order valence-corrected chi connectivity index (χ0v) is 9.46. The van der Waals surface area contributed by atoms with Crippen molar-refractivity contribution in [1.29, 1.82) is 0 Å². The summed E-state index contributed by atoms with van der Waals surface area (Å²) in [6.07, 6.45) is 4.03. The van der Waals surface area contributed by atoms with Gasteiger partial charge >= 0.3 is 0 Å². The monoisotopic (exact) mass is 197 g/mol. The highest BCUT2D eigenvalue weighted by atomic mass is 16.5. The van der Waals surface area contributed by atoms with Gasteiger partial charge in [0.05, 0.1) is 6.61 Å². The molecule has 1 aliphatic heterocycles. The number of ether oxygens (including phenoxy) is 1. The second-order valence-corrected chi connectivity index (χ2v) is 5.16. The largest absolute Gasteiger partial charge is 0.381 e. The molecule has 2 heteroatoms. The van der Waals surface area contributed by atoms with Gasteiger partial charge in [0.15, 0.2) is 0 Å². The standard InChI is InChI=1S/C12H23NO/c1-9-3-4-12(10(9)2)13-7-11-5-6-14-8-11/h9-13H,3-8H2,1-2H3. The quantitative estimate of drug-likeness (QED) is 0.747. The third-order valence-corrected chi connectivity index (χ3v) is 4.16. The van der Waals surface area contributed by atoms with E-state index in [0.29, 0.717) is 0 Å². The zero-order chi connectivity index (χ0) is 9.97. The van der Waals surface area contributed by atoms with Crippen molar-refractivity contribution in [1.82, 2.24) is 5.32 Å². The molecule has 2 rings (SSSR count). The Kier molecular flexibility index (Phi) is 3.45. The average molecular weight is 197 g/mol. The highest BCUT2D eigenvalue weighted by molar-refractivity contribution is 4.85. The lowest BCUT2D eigenvalue weighted by Crippen LogP contribution is -2.36. The van der Waals surface area contributed by atoms with E-state index < -0.39 is 0 Å². The van der Waals surface area contributed by atoms with Crippen molar-refractivity contribution in [3.05, 3.63) is 0 Å². The van der Waals surface area contributed by atoms with Crippen molar-refractivity contribution in [3.63, 3.8) is 0 Å². The van der Waals surface area contributed by atoms with Crippen LogP contribution in [0.3, 0.4) is 0 Å². The molecule has 82 valence electrons. The molecule has 2 aliphatic rings. The summed E-state index contributed by atoms with van der Waals surface area (Å²) in [6, 6.07) is 0.769. The van der Waals surface area contributed by atoms with Crippen LogP contribution in [0.1, 0.15) is 33.1 Å². The third kappa shape index (κ3) is 2.29. The molecule has 14 heavy (non-hydrogen) atoms. The van der Waals surface area contributed by atoms with E-state index in [-0.39, 0.29) is 0 Å². The van der Waals surface area contributed by atoms with Gasteiger partial charge in [-0.2, -0.15) is 0 Å². The molecule has 0 radical (unpaired) electrons. The molecule has 1 N–H and O–H groups in total. The molecule has 4 atom stereocenters. The van der Waals surface area contributed by atoms with Crippen LogP contribution < -0.4 is 5.32 Å². The molecule has 1 heterocycles. The molecule has 0 bridgehead atoms. The first-order valence-electron chi connectivity index (χ1n) is 6.08. The molecule has 0 aromatic rings. The summed E-state index contributed by atoms with van der Waals surface area (Å²) in [5.41, 5.74) is 0. The summed E-state index contributed by atoms with van der Waals surface area (Å²) in [4.78, 5) is 0. The zero-order valence-electron chi connectivity index (χ0n) is 9.46. The first-order chi connectivity index (χ1) is 6.77. The summed E-state index contributed by atoms with van der Waals surface area (Å²) in [5, 5.41) is 3.72. The van der Waals surface area contributed by atoms with Crippen LogP contribution in [0.5, 0.6) is 0 Å². The SMILES string of the molecule is CC1CCC(NCC2CCOC2)C1C. The van der Waals surface area contributed by atoms with Crippen LogP contribution in [0.15, 0.2) is 0 Å². The highest BCUT2D eigenvalue weighted by Crippen LogP contribution is 2.31. The molecule has 1 saturated heterocycles. The predicted octanol–water partition coefficient (Wildman–Crippen LogP) is 2.05. The van der Waals surface area contributed by atoms with Gasteiger partial charge in [0, 0.05) is 19.2 Å². The van der Waals surface area contributed by atoms with Gasteiger partial charge in [-0.05, 0) is 37.0 Å². The third-order valence-electron chi connectivity index (χ3n) is 4.16. The average Bonchev–Trinajstić information content (AvgIpc) is 2.77. The summed E-state index contributed by atoms with van der Waals surface area (Å²) >= 11 is 0. The molecule has 4 unspecified atom stereocenters. The van der Waals surface area contributed by atoms with Crippen LogP contribution in [0, 0.1) is 17.8 Å². The lowest BCUT2D eigenvalue weighted by Gasteiger charge is -2.21. The van der Waals surface area contributed by atoms with Gasteiger partial charge in [-0.3, -0.25) is 0 Å². The Bertz CT molecular complexity index is 177. The van der Waals surface area contributed by atoms with Gasteiger partial charge in [0.1, 0.15) is 0 Å². The van der Waals surface area contributed by atoms with E-state index in [4.69, 9.17) is 4.74 Å². The Morgan fingerprint density at radius 1 is 1.21 bits per heavy atom. The minimum absolute atomic E-state index is 0.769. The molecule has 1 saturated carbocycles. The van der Waals surface area contributed by atoms with E-state index in [2.05, 4.69) is 19.2 Å². The maximum absolute atomic E-state index is 5.38. The minimum atomic E-state index is 0.769. The van der Waals surface area contributed by atoms with Crippen molar-refractivity contribution >= 4 is 0 Å². The highest BCUT2D eigenvalue weighted by Gasteiger charge is 2.29. The van der Waals surface area contributed by atoms with Crippen molar-refractivity contribution in [2.45, 2.75) is 39.2 Å². The Morgan fingerprint density at radius 2 is 2.07 bits per heavy atom. The van der Waals surface area contributed by atoms with E-state index in [1.165, 1.54) is 25.8 Å². The Hall–Kier alpha value is -0.0800. The Labute approximate surface area is 87.4 Å². The maximum Gasteiger partial charge on any atom is 0.0507 e. The Balaban J connectivity index is 1.70. The normalized spacial score (nSPS) is 43.3. The molecule has 0 amide bonds. The molecule has 0 aromatic carbocycles. The van der Waals surface area contributed by atoms with Crippen molar-refractivity contribution < 1.29 is 4.74 Å². The fourth-order valence-corrected chi connectivity index (χ4v) is 2.72. The molecule has 0 spiro atoms. The summed E-state index contributed by atoms with van der Waals surface area (Å²) < 4.78 is 5.38. The van der Waals surface area contributed by atoms with Crippen LogP contribution in [-0.4, -0.2) is 25.8 Å². The number of nitrogens with one attached hydrogen (secondary N) is 1. The smallest absolute Gasteiger partial charge is 0.0507 e. The summed E-state index contributed by atoms with van der Waals surface area (Å²) in [6.45, 7) is 7.89. The number of hydrogen-bond donors (Lipinski definition) is 1. The van der Waals surface area contributed by atoms with Gasteiger partial charge in [0.2, 0.25) is 0 Å². The van der Waals surface area contributed by atoms with Crippen LogP contribution in [-0.2, 0) is 4.74 Å². The predicted molar refractivity (Wildman–Crippen MR) is 58.3 cm³/mol. The van der Waals surface area contributed by atoms with Crippen LogP contribution in [0.2, 0.25) is 0 Å². The first kappa shape index (κ1) is 10.4. The van der Waals surface area contributed by atoms with E-state index in [0.717, 1.165) is 37.0 Å². The molecule has 2 nitrogen and oxygen atoms in total.